The number of Topliss-reactive ketones (excluding diaryl/α,β-unsaturated/α-hetero) is 1. The van der Waals surface area contributed by atoms with Crippen molar-refractivity contribution in [2.45, 2.75) is 6.42 Å². The molecule has 8 heteroatoms. The standard InChI is InChI=1S/C26H26N4O3S/c1-28-25-11-9-21(10-12-25)16-24-19-30(34(32,33)14-4-13-29(2)3)18-23(26(24)31)15-20-5-7-22(17-27)8-6-20/h5-12,15-16H,4,13-14,18-19H2,2-3H3/b23-15+,24-16+. The van der Waals surface area contributed by atoms with E-state index in [1.165, 1.54) is 4.31 Å². The van der Waals surface area contributed by atoms with E-state index < -0.39 is 10.0 Å². The first kappa shape index (κ1) is 25.1. The zero-order valence-electron chi connectivity index (χ0n) is 19.2. The first-order valence-corrected chi connectivity index (χ1v) is 12.4. The fraction of sp³-hybridized carbons (Fsp3) is 0.269. The van der Waals surface area contributed by atoms with E-state index in [2.05, 4.69) is 10.9 Å². The molecule has 0 N–H and O–H groups in total. The number of sulfonamides is 1. The summed E-state index contributed by atoms with van der Waals surface area (Å²) in [4.78, 5) is 18.6. The molecule has 1 aliphatic heterocycles. The molecule has 0 bridgehead atoms. The number of ketones is 1. The second-order valence-corrected chi connectivity index (χ2v) is 10.4. The second kappa shape index (κ2) is 11.0. The maximum absolute atomic E-state index is 13.3. The Kier molecular flexibility index (Phi) is 8.14. The molecule has 0 unspecified atom stereocenters. The number of benzene rings is 2. The van der Waals surface area contributed by atoms with E-state index in [-0.39, 0.29) is 24.6 Å². The molecule has 34 heavy (non-hydrogen) atoms. The quantitative estimate of drug-likeness (QED) is 0.451. The van der Waals surface area contributed by atoms with Crippen molar-refractivity contribution in [1.82, 2.24) is 9.21 Å². The number of hydrogen-bond acceptors (Lipinski definition) is 5. The predicted molar refractivity (Wildman–Crippen MR) is 133 cm³/mol. The highest BCUT2D eigenvalue weighted by Crippen LogP contribution is 2.25. The Morgan fingerprint density at radius 3 is 2.03 bits per heavy atom. The van der Waals surface area contributed by atoms with E-state index in [0.29, 0.717) is 35.4 Å². The molecule has 0 aliphatic carbocycles. The topological polar surface area (TPSA) is 85.8 Å². The number of carbonyl (C=O) groups excluding carboxylic acids is 1. The molecule has 2 aromatic carbocycles. The summed E-state index contributed by atoms with van der Waals surface area (Å²) in [5.41, 5.74) is 3.18. The van der Waals surface area contributed by atoms with Crippen LogP contribution < -0.4 is 0 Å². The SMILES string of the molecule is [C-]#[N+]c1ccc(/C=C2\CN(S(=O)(=O)CCCN(C)C)C/C(=C\c3ccc(C#N)cc3)C2=O)cc1. The van der Waals surface area contributed by atoms with Gasteiger partial charge in [0.15, 0.2) is 11.5 Å². The average Bonchev–Trinajstić information content (AvgIpc) is 2.82. The number of nitriles is 1. The van der Waals surface area contributed by atoms with Crippen molar-refractivity contribution in [2.24, 2.45) is 0 Å². The van der Waals surface area contributed by atoms with Gasteiger partial charge in [0.1, 0.15) is 0 Å². The van der Waals surface area contributed by atoms with Crippen LogP contribution in [-0.4, -0.2) is 62.9 Å². The Bertz CT molecular complexity index is 1210. The average molecular weight is 475 g/mol. The van der Waals surface area contributed by atoms with Crippen molar-refractivity contribution in [3.8, 4) is 6.07 Å². The van der Waals surface area contributed by atoms with Crippen molar-refractivity contribution >= 4 is 33.6 Å². The Morgan fingerprint density at radius 2 is 1.56 bits per heavy atom. The number of rotatable bonds is 7. The first-order chi connectivity index (χ1) is 16.2. The Morgan fingerprint density at radius 1 is 1.03 bits per heavy atom. The van der Waals surface area contributed by atoms with E-state index in [1.807, 2.05) is 19.0 Å². The molecule has 0 amide bonds. The molecular weight excluding hydrogens is 448 g/mol. The smallest absolute Gasteiger partial charge is 0.214 e. The van der Waals surface area contributed by atoms with Gasteiger partial charge in [-0.2, -0.15) is 9.57 Å². The summed E-state index contributed by atoms with van der Waals surface area (Å²) < 4.78 is 27.6. The van der Waals surface area contributed by atoms with Crippen molar-refractivity contribution in [1.29, 1.82) is 5.26 Å². The lowest BCUT2D eigenvalue weighted by atomic mass is 9.95. The Balaban J connectivity index is 1.96. The van der Waals surface area contributed by atoms with Crippen LogP contribution in [0.3, 0.4) is 0 Å². The lowest BCUT2D eigenvalue weighted by Crippen LogP contribution is -2.42. The number of nitrogens with zero attached hydrogens (tertiary/aromatic N) is 4. The van der Waals surface area contributed by atoms with Gasteiger partial charge in [-0.25, -0.2) is 13.3 Å². The van der Waals surface area contributed by atoms with Crippen molar-refractivity contribution in [3.63, 3.8) is 0 Å². The van der Waals surface area contributed by atoms with Gasteiger partial charge in [0.05, 0.1) is 24.0 Å². The summed E-state index contributed by atoms with van der Waals surface area (Å²) in [6, 6.07) is 15.6. The summed E-state index contributed by atoms with van der Waals surface area (Å²) in [5, 5.41) is 9.01. The van der Waals surface area contributed by atoms with Crippen molar-refractivity contribution in [3.05, 3.63) is 87.8 Å². The minimum atomic E-state index is -3.58. The van der Waals surface area contributed by atoms with Crippen LogP contribution in [0.5, 0.6) is 0 Å². The monoisotopic (exact) mass is 474 g/mol. The summed E-state index contributed by atoms with van der Waals surface area (Å²) in [7, 11) is 0.203. The zero-order chi connectivity index (χ0) is 24.7. The molecule has 1 fully saturated rings. The van der Waals surface area contributed by atoms with Crippen LogP contribution in [0.1, 0.15) is 23.1 Å². The lowest BCUT2D eigenvalue weighted by Gasteiger charge is -2.29. The molecule has 3 rings (SSSR count). The highest BCUT2D eigenvalue weighted by molar-refractivity contribution is 7.89. The van der Waals surface area contributed by atoms with E-state index in [9.17, 15) is 13.2 Å². The number of piperidine rings is 1. The summed E-state index contributed by atoms with van der Waals surface area (Å²) in [6.07, 6.45) is 3.86. The van der Waals surface area contributed by atoms with Crippen LogP contribution in [0.15, 0.2) is 59.7 Å². The van der Waals surface area contributed by atoms with Crippen LogP contribution in [0.25, 0.3) is 17.0 Å². The van der Waals surface area contributed by atoms with Gasteiger partial charge >= 0.3 is 0 Å². The van der Waals surface area contributed by atoms with Gasteiger partial charge in [0, 0.05) is 24.2 Å². The van der Waals surface area contributed by atoms with Crippen LogP contribution in [-0.2, 0) is 14.8 Å². The zero-order valence-corrected chi connectivity index (χ0v) is 20.0. The molecule has 1 aliphatic rings. The minimum Gasteiger partial charge on any atom is -0.309 e. The Labute approximate surface area is 201 Å². The highest BCUT2D eigenvalue weighted by Gasteiger charge is 2.33. The molecular formula is C26H26N4O3S. The summed E-state index contributed by atoms with van der Waals surface area (Å²) in [6.45, 7) is 7.73. The van der Waals surface area contributed by atoms with Crippen LogP contribution >= 0.6 is 0 Å². The maximum Gasteiger partial charge on any atom is 0.214 e. The van der Waals surface area contributed by atoms with Gasteiger partial charge in [-0.3, -0.25) is 4.79 Å². The number of carbonyl (C=O) groups is 1. The maximum atomic E-state index is 13.3. The third-order valence-electron chi connectivity index (χ3n) is 5.42. The first-order valence-electron chi connectivity index (χ1n) is 10.8. The third kappa shape index (κ3) is 6.49. The van der Waals surface area contributed by atoms with Gasteiger partial charge in [0.2, 0.25) is 10.0 Å². The predicted octanol–water partition coefficient (Wildman–Crippen LogP) is 3.74. The van der Waals surface area contributed by atoms with Crippen LogP contribution in [0.2, 0.25) is 0 Å². The largest absolute Gasteiger partial charge is 0.309 e. The molecule has 174 valence electrons. The fourth-order valence-electron chi connectivity index (χ4n) is 3.60. The lowest BCUT2D eigenvalue weighted by molar-refractivity contribution is -0.113. The van der Waals surface area contributed by atoms with Crippen LogP contribution in [0, 0.1) is 17.9 Å². The van der Waals surface area contributed by atoms with Crippen molar-refractivity contribution in [2.75, 3.05) is 39.5 Å². The highest BCUT2D eigenvalue weighted by atomic mass is 32.2. The second-order valence-electron chi connectivity index (χ2n) is 8.35. The molecule has 0 aromatic heterocycles. The normalized spacial score (nSPS) is 17.1. The van der Waals surface area contributed by atoms with E-state index in [4.69, 9.17) is 11.8 Å². The van der Waals surface area contributed by atoms with Gasteiger partial charge < -0.3 is 4.90 Å². The molecule has 0 saturated carbocycles. The molecule has 0 spiro atoms. The molecule has 1 saturated heterocycles. The van der Waals surface area contributed by atoms with Crippen LogP contribution in [0.4, 0.5) is 5.69 Å². The number of hydrogen-bond donors (Lipinski definition) is 0. The third-order valence-corrected chi connectivity index (χ3v) is 7.27. The van der Waals surface area contributed by atoms with E-state index in [0.717, 1.165) is 11.1 Å². The van der Waals surface area contributed by atoms with Crippen molar-refractivity contribution < 1.29 is 13.2 Å². The fourth-order valence-corrected chi connectivity index (χ4v) is 5.02. The van der Waals surface area contributed by atoms with E-state index >= 15 is 0 Å². The summed E-state index contributed by atoms with van der Waals surface area (Å²) >= 11 is 0. The molecule has 1 heterocycles. The van der Waals surface area contributed by atoms with Gasteiger partial charge in [-0.1, -0.05) is 36.4 Å². The van der Waals surface area contributed by atoms with E-state index in [1.54, 1.807) is 60.7 Å². The Hall–Kier alpha value is -3.56. The van der Waals surface area contributed by atoms with Gasteiger partial charge in [-0.05, 0) is 62.5 Å². The minimum absolute atomic E-state index is 0.00158. The van der Waals surface area contributed by atoms with Gasteiger partial charge in [0.25, 0.3) is 0 Å². The summed E-state index contributed by atoms with van der Waals surface area (Å²) in [5.74, 6) is -0.213. The van der Waals surface area contributed by atoms with Gasteiger partial charge in [-0.15, -0.1) is 0 Å². The molecule has 0 radical (unpaired) electrons. The molecule has 7 nitrogen and oxygen atoms in total. The molecule has 0 atom stereocenters. The molecule has 2 aromatic rings.